The number of hydrogen-bond donors (Lipinski definition) is 2. The van der Waals surface area contributed by atoms with Gasteiger partial charge >= 0.3 is 0 Å². The molecule has 2 atom stereocenters. The normalized spacial score (nSPS) is 20.5. The molecule has 0 saturated carbocycles. The number of benzene rings is 1. The summed E-state index contributed by atoms with van der Waals surface area (Å²) in [6.45, 7) is 4.03. The van der Waals surface area contributed by atoms with Crippen LogP contribution in [-0.4, -0.2) is 36.5 Å². The molecule has 0 bridgehead atoms. The molecule has 4 nitrogen and oxygen atoms in total. The number of amides is 1. The van der Waals surface area contributed by atoms with Crippen molar-refractivity contribution in [1.29, 1.82) is 0 Å². The average molecular weight is 326 g/mol. The molecule has 1 saturated heterocycles. The molecule has 1 aliphatic rings. The van der Waals surface area contributed by atoms with Crippen LogP contribution in [0.3, 0.4) is 0 Å². The van der Waals surface area contributed by atoms with E-state index in [4.69, 9.17) is 5.73 Å². The Bertz CT molecular complexity index is 450. The number of hydrogen-bond acceptors (Lipinski definition) is 3. The zero-order valence-corrected chi connectivity index (χ0v) is 12.7. The van der Waals surface area contributed by atoms with Gasteiger partial charge in [-0.1, -0.05) is 34.1 Å². The van der Waals surface area contributed by atoms with Crippen LogP contribution in [0.15, 0.2) is 28.7 Å². The fraction of sp³-hybridized carbons (Fsp3) is 0.500. The second-order valence-electron chi connectivity index (χ2n) is 5.00. The lowest BCUT2D eigenvalue weighted by Gasteiger charge is -2.33. The molecule has 1 aromatic carbocycles. The van der Waals surface area contributed by atoms with Crippen LogP contribution in [0.2, 0.25) is 0 Å². The molecule has 3 N–H and O–H groups in total. The molecule has 0 aliphatic carbocycles. The second kappa shape index (κ2) is 6.50. The first-order valence-electron chi connectivity index (χ1n) is 6.60. The van der Waals surface area contributed by atoms with E-state index in [1.165, 1.54) is 0 Å². The predicted molar refractivity (Wildman–Crippen MR) is 79.7 cm³/mol. The van der Waals surface area contributed by atoms with Crippen LogP contribution in [0.1, 0.15) is 24.9 Å². The van der Waals surface area contributed by atoms with Crippen LogP contribution < -0.4 is 11.1 Å². The zero-order chi connectivity index (χ0) is 13.8. The van der Waals surface area contributed by atoms with Gasteiger partial charge in [-0.2, -0.15) is 0 Å². The summed E-state index contributed by atoms with van der Waals surface area (Å²) in [6, 6.07) is 8.10. The second-order valence-corrected chi connectivity index (χ2v) is 5.85. The van der Waals surface area contributed by atoms with Crippen LogP contribution in [0.25, 0.3) is 0 Å². The first-order valence-corrected chi connectivity index (χ1v) is 7.39. The number of nitrogens with one attached hydrogen (secondary N) is 1. The van der Waals surface area contributed by atoms with E-state index < -0.39 is 0 Å². The first kappa shape index (κ1) is 14.5. The Hall–Kier alpha value is -0.910. The third-order valence-corrected chi connectivity index (χ3v) is 4.13. The summed E-state index contributed by atoms with van der Waals surface area (Å²) >= 11 is 3.58. The Morgan fingerprint density at radius 2 is 2.16 bits per heavy atom. The van der Waals surface area contributed by atoms with Crippen molar-refractivity contribution in [2.45, 2.75) is 25.4 Å². The molecule has 19 heavy (non-hydrogen) atoms. The van der Waals surface area contributed by atoms with Crippen LogP contribution in [0.4, 0.5) is 0 Å². The van der Waals surface area contributed by atoms with Crippen molar-refractivity contribution in [3.05, 3.63) is 34.3 Å². The monoisotopic (exact) mass is 325 g/mol. The third kappa shape index (κ3) is 3.55. The van der Waals surface area contributed by atoms with Crippen LogP contribution in [-0.2, 0) is 4.79 Å². The highest BCUT2D eigenvalue weighted by atomic mass is 79.9. The maximum absolute atomic E-state index is 11.7. The molecule has 1 fully saturated rings. The van der Waals surface area contributed by atoms with Gasteiger partial charge in [0.2, 0.25) is 5.91 Å². The van der Waals surface area contributed by atoms with Crippen LogP contribution >= 0.6 is 15.9 Å². The Balaban J connectivity index is 2.29. The smallest absolute Gasteiger partial charge is 0.234 e. The third-order valence-electron chi connectivity index (χ3n) is 3.41. The van der Waals surface area contributed by atoms with Gasteiger partial charge in [0.25, 0.3) is 0 Å². The summed E-state index contributed by atoms with van der Waals surface area (Å²) in [5, 5.41) is 2.90. The van der Waals surface area contributed by atoms with Crippen LogP contribution in [0, 0.1) is 0 Å². The highest BCUT2D eigenvalue weighted by Crippen LogP contribution is 2.30. The number of nitrogens with two attached hydrogens (primary N) is 1. The minimum absolute atomic E-state index is 0.0374. The molecule has 0 radical (unpaired) electrons. The summed E-state index contributed by atoms with van der Waals surface area (Å²) in [4.78, 5) is 13.9. The molecule has 2 rings (SSSR count). The largest absolute Gasteiger partial charge is 0.355 e. The van der Waals surface area contributed by atoms with E-state index in [0.29, 0.717) is 6.54 Å². The molecular weight excluding hydrogens is 306 g/mol. The Kier molecular flexibility index (Phi) is 4.96. The van der Waals surface area contributed by atoms with E-state index in [0.717, 1.165) is 29.5 Å². The van der Waals surface area contributed by atoms with Gasteiger partial charge in [0.05, 0.1) is 12.6 Å². The first-order chi connectivity index (χ1) is 9.09. The standard InChI is InChI=1S/C14H20BrN3O/c1-10(16)14(11-5-2-3-6-12(11)15)18-8-4-7-17-13(19)9-18/h2-3,5-6,10,14H,4,7-9,16H2,1H3,(H,17,19). The summed E-state index contributed by atoms with van der Waals surface area (Å²) in [6.07, 6.45) is 0.958. The molecule has 2 unspecified atom stereocenters. The van der Waals surface area contributed by atoms with E-state index in [-0.39, 0.29) is 18.0 Å². The molecule has 5 heteroatoms. The van der Waals surface area contributed by atoms with Crippen molar-refractivity contribution in [3.8, 4) is 0 Å². The van der Waals surface area contributed by atoms with Crippen molar-refractivity contribution in [3.63, 3.8) is 0 Å². The quantitative estimate of drug-likeness (QED) is 0.888. The van der Waals surface area contributed by atoms with Crippen molar-refractivity contribution in [2.75, 3.05) is 19.6 Å². The summed E-state index contributed by atoms with van der Waals surface area (Å²) < 4.78 is 1.04. The van der Waals surface area contributed by atoms with Gasteiger partial charge in [-0.3, -0.25) is 9.69 Å². The van der Waals surface area contributed by atoms with E-state index in [9.17, 15) is 4.79 Å². The SMILES string of the molecule is CC(N)C(c1ccccc1Br)N1CCCNC(=O)C1. The predicted octanol–water partition coefficient (Wildman–Crippen LogP) is 1.66. The van der Waals surface area contributed by atoms with E-state index in [1.54, 1.807) is 0 Å². The summed E-state index contributed by atoms with van der Waals surface area (Å²) in [5.74, 6) is 0.0789. The number of carbonyl (C=O) groups is 1. The summed E-state index contributed by atoms with van der Waals surface area (Å²) in [5.41, 5.74) is 7.32. The van der Waals surface area contributed by atoms with Gasteiger partial charge in [0.1, 0.15) is 0 Å². The number of rotatable bonds is 3. The van der Waals surface area contributed by atoms with Crippen molar-refractivity contribution in [1.82, 2.24) is 10.2 Å². The molecule has 1 amide bonds. The van der Waals surface area contributed by atoms with Gasteiger partial charge < -0.3 is 11.1 Å². The zero-order valence-electron chi connectivity index (χ0n) is 11.1. The minimum atomic E-state index is -0.0374. The molecule has 0 aromatic heterocycles. The molecule has 1 heterocycles. The highest BCUT2D eigenvalue weighted by molar-refractivity contribution is 9.10. The maximum Gasteiger partial charge on any atom is 0.234 e. The number of nitrogens with zero attached hydrogens (tertiary/aromatic N) is 1. The van der Waals surface area contributed by atoms with Gasteiger partial charge in [-0.15, -0.1) is 0 Å². The molecule has 1 aliphatic heterocycles. The fourth-order valence-electron chi connectivity index (χ4n) is 2.59. The van der Waals surface area contributed by atoms with E-state index >= 15 is 0 Å². The number of carbonyl (C=O) groups excluding carboxylic acids is 1. The lowest BCUT2D eigenvalue weighted by atomic mass is 9.99. The molecule has 0 spiro atoms. The highest BCUT2D eigenvalue weighted by Gasteiger charge is 2.28. The lowest BCUT2D eigenvalue weighted by Crippen LogP contribution is -2.43. The van der Waals surface area contributed by atoms with Gasteiger partial charge in [-0.25, -0.2) is 0 Å². The topological polar surface area (TPSA) is 58.4 Å². The van der Waals surface area contributed by atoms with Gasteiger partial charge in [-0.05, 0) is 25.0 Å². The summed E-state index contributed by atoms with van der Waals surface area (Å²) in [7, 11) is 0. The van der Waals surface area contributed by atoms with Crippen molar-refractivity contribution < 1.29 is 4.79 Å². The maximum atomic E-state index is 11.7. The van der Waals surface area contributed by atoms with Crippen molar-refractivity contribution in [2.24, 2.45) is 5.73 Å². The Labute approximate surface area is 122 Å². The van der Waals surface area contributed by atoms with E-state index in [1.807, 2.05) is 25.1 Å². The lowest BCUT2D eigenvalue weighted by molar-refractivity contribution is -0.122. The van der Waals surface area contributed by atoms with Gasteiger partial charge in [0.15, 0.2) is 0 Å². The molecular formula is C14H20BrN3O. The number of halogens is 1. The van der Waals surface area contributed by atoms with Crippen molar-refractivity contribution >= 4 is 21.8 Å². The molecule has 1 aromatic rings. The Morgan fingerprint density at radius 1 is 1.42 bits per heavy atom. The minimum Gasteiger partial charge on any atom is -0.355 e. The Morgan fingerprint density at radius 3 is 2.84 bits per heavy atom. The van der Waals surface area contributed by atoms with Gasteiger partial charge in [0, 0.05) is 23.6 Å². The fourth-order valence-corrected chi connectivity index (χ4v) is 3.11. The average Bonchev–Trinajstić information content (AvgIpc) is 2.56. The van der Waals surface area contributed by atoms with E-state index in [2.05, 4.69) is 32.2 Å². The molecule has 104 valence electrons. The van der Waals surface area contributed by atoms with Crippen LogP contribution in [0.5, 0.6) is 0 Å².